The lowest BCUT2D eigenvalue weighted by Crippen LogP contribution is -2.33. The molecule has 0 amide bonds. The summed E-state index contributed by atoms with van der Waals surface area (Å²) < 4.78 is 40.4. The highest BCUT2D eigenvalue weighted by Gasteiger charge is 2.32. The number of anilines is 3. The van der Waals surface area contributed by atoms with Crippen LogP contribution in [0.4, 0.5) is 30.4 Å². The molecule has 0 spiro atoms. The van der Waals surface area contributed by atoms with E-state index in [1.807, 2.05) is 31.2 Å². The van der Waals surface area contributed by atoms with Crippen LogP contribution >= 0.6 is 11.6 Å². The first kappa shape index (κ1) is 25.8. The molecule has 0 bridgehead atoms. The fraction of sp³-hybridized carbons (Fsp3) is 0.143. The van der Waals surface area contributed by atoms with Crippen LogP contribution in [0.2, 0.25) is 5.28 Å². The van der Waals surface area contributed by atoms with E-state index < -0.39 is 17.9 Å². The zero-order valence-corrected chi connectivity index (χ0v) is 22.0. The van der Waals surface area contributed by atoms with Crippen molar-refractivity contribution in [3.8, 4) is 11.3 Å². The molecule has 1 atom stereocenters. The largest absolute Gasteiger partial charge is 0.416 e. The summed E-state index contributed by atoms with van der Waals surface area (Å²) in [5.41, 5.74) is 12.0. The summed E-state index contributed by atoms with van der Waals surface area (Å²) in [6.45, 7) is 3.69. The van der Waals surface area contributed by atoms with Gasteiger partial charge >= 0.3 is 6.18 Å². The number of hydrogen-bond donors (Lipinski definition) is 3. The predicted octanol–water partition coefficient (Wildman–Crippen LogP) is 6.90. The van der Waals surface area contributed by atoms with Crippen LogP contribution in [0.1, 0.15) is 34.0 Å². The maximum Gasteiger partial charge on any atom is 0.416 e. The number of hydrogen-bond acceptors (Lipinski definition) is 7. The third kappa shape index (κ3) is 4.42. The van der Waals surface area contributed by atoms with E-state index >= 15 is 0 Å². The molecule has 4 N–H and O–H groups in total. The van der Waals surface area contributed by atoms with Gasteiger partial charge in [0.1, 0.15) is 24.0 Å². The molecule has 40 heavy (non-hydrogen) atoms. The van der Waals surface area contributed by atoms with Crippen LogP contribution in [0.25, 0.3) is 28.4 Å². The van der Waals surface area contributed by atoms with E-state index in [4.69, 9.17) is 17.3 Å². The molecule has 202 valence electrons. The Kier molecular flexibility index (Phi) is 6.20. The van der Waals surface area contributed by atoms with Crippen molar-refractivity contribution in [2.24, 2.45) is 5.73 Å². The monoisotopic (exact) mass is 562 g/mol. The summed E-state index contributed by atoms with van der Waals surface area (Å²) in [4.78, 5) is 22.0. The van der Waals surface area contributed by atoms with Crippen LogP contribution in [0, 0.1) is 13.8 Å². The standard InChI is InChI=1S/C28H22ClF3N8/c1-14-3-5-16(28(30,31)32)11-21(14)40-10-8-17-18(24(40)33)6-4-15(2)22(17)38-26-20(12-35-27(29)39-26)23-19-7-9-34-25(19)37-13-36-23/h3-13,24H,33H2,1-2H3,(H,34,36,37)(H,35,38,39). The number of fused-ring (bicyclic) bond motifs is 2. The van der Waals surface area contributed by atoms with E-state index in [1.165, 1.54) is 12.4 Å². The van der Waals surface area contributed by atoms with Gasteiger partial charge in [0.2, 0.25) is 5.28 Å². The second-order valence-corrected chi connectivity index (χ2v) is 9.75. The molecule has 0 saturated heterocycles. The Morgan fingerprint density at radius 2 is 1.85 bits per heavy atom. The van der Waals surface area contributed by atoms with Gasteiger partial charge in [-0.2, -0.15) is 18.2 Å². The molecule has 5 aromatic rings. The molecule has 3 aromatic heterocycles. The van der Waals surface area contributed by atoms with Gasteiger partial charge in [-0.15, -0.1) is 0 Å². The van der Waals surface area contributed by atoms with Crippen LogP contribution in [0.15, 0.2) is 61.3 Å². The number of benzene rings is 2. The molecule has 1 aliphatic rings. The van der Waals surface area contributed by atoms with Gasteiger partial charge < -0.3 is 20.9 Å². The van der Waals surface area contributed by atoms with Gasteiger partial charge in [-0.05, 0) is 66.4 Å². The molecule has 2 aromatic carbocycles. The number of aromatic nitrogens is 5. The molecule has 0 fully saturated rings. The lowest BCUT2D eigenvalue weighted by molar-refractivity contribution is -0.137. The summed E-state index contributed by atoms with van der Waals surface area (Å²) in [5, 5.41) is 4.24. The van der Waals surface area contributed by atoms with Crippen molar-refractivity contribution < 1.29 is 13.2 Å². The number of aromatic amines is 1. The lowest BCUT2D eigenvalue weighted by Gasteiger charge is -2.34. The molecular weight excluding hydrogens is 541 g/mol. The molecule has 1 unspecified atom stereocenters. The molecule has 12 heteroatoms. The topological polar surface area (TPSA) is 109 Å². The van der Waals surface area contributed by atoms with Gasteiger partial charge in [-0.1, -0.05) is 18.2 Å². The zero-order chi connectivity index (χ0) is 28.2. The van der Waals surface area contributed by atoms with Crippen molar-refractivity contribution in [3.05, 3.63) is 94.4 Å². The normalized spacial score (nSPS) is 15.0. The van der Waals surface area contributed by atoms with Gasteiger partial charge in [0.15, 0.2) is 0 Å². The summed E-state index contributed by atoms with van der Waals surface area (Å²) in [5.74, 6) is 0.427. The summed E-state index contributed by atoms with van der Waals surface area (Å²) in [7, 11) is 0. The first-order valence-corrected chi connectivity index (χ1v) is 12.6. The zero-order valence-electron chi connectivity index (χ0n) is 21.3. The SMILES string of the molecule is Cc1ccc(C(F)(F)F)cc1N1C=Cc2c(ccc(C)c2Nc2nc(Cl)ncc2-c2ncnc3[nH]ccc23)C1N. The highest BCUT2D eigenvalue weighted by Crippen LogP contribution is 2.41. The van der Waals surface area contributed by atoms with Crippen molar-refractivity contribution in [2.75, 3.05) is 10.2 Å². The number of nitrogens with one attached hydrogen (secondary N) is 2. The molecule has 8 nitrogen and oxygen atoms in total. The number of halogens is 4. The number of alkyl halides is 3. The predicted molar refractivity (Wildman–Crippen MR) is 149 cm³/mol. The molecule has 0 saturated carbocycles. The number of nitrogens with two attached hydrogens (primary N) is 1. The number of H-pyrrole nitrogens is 1. The second kappa shape index (κ2) is 9.61. The van der Waals surface area contributed by atoms with E-state index in [2.05, 4.69) is 30.2 Å². The van der Waals surface area contributed by atoms with Crippen molar-refractivity contribution in [1.29, 1.82) is 0 Å². The van der Waals surface area contributed by atoms with Gasteiger partial charge in [0, 0.05) is 35.2 Å². The van der Waals surface area contributed by atoms with Crippen molar-refractivity contribution >= 4 is 45.9 Å². The van der Waals surface area contributed by atoms with Crippen molar-refractivity contribution in [3.63, 3.8) is 0 Å². The Morgan fingerprint density at radius 1 is 1.05 bits per heavy atom. The van der Waals surface area contributed by atoms with Gasteiger partial charge in [0.25, 0.3) is 0 Å². The Balaban J connectivity index is 1.43. The Labute approximate surface area is 231 Å². The highest BCUT2D eigenvalue weighted by molar-refractivity contribution is 6.28. The van der Waals surface area contributed by atoms with Crippen LogP contribution < -0.4 is 16.0 Å². The van der Waals surface area contributed by atoms with Crippen molar-refractivity contribution in [2.45, 2.75) is 26.2 Å². The van der Waals surface area contributed by atoms with Crippen LogP contribution in [0.3, 0.4) is 0 Å². The summed E-state index contributed by atoms with van der Waals surface area (Å²) in [6, 6.07) is 9.28. The Morgan fingerprint density at radius 3 is 2.65 bits per heavy atom. The average molecular weight is 563 g/mol. The van der Waals surface area contributed by atoms with E-state index in [0.29, 0.717) is 34.0 Å². The lowest BCUT2D eigenvalue weighted by atomic mass is 9.95. The molecule has 0 radical (unpaired) electrons. The third-order valence-corrected chi connectivity index (χ3v) is 7.12. The van der Waals surface area contributed by atoms with E-state index in [-0.39, 0.29) is 5.28 Å². The minimum atomic E-state index is -4.47. The summed E-state index contributed by atoms with van der Waals surface area (Å²) >= 11 is 6.20. The van der Waals surface area contributed by atoms with Gasteiger partial charge in [0.05, 0.1) is 22.5 Å². The van der Waals surface area contributed by atoms with Crippen LogP contribution in [-0.4, -0.2) is 24.9 Å². The molecule has 6 rings (SSSR count). The Bertz CT molecular complexity index is 1800. The van der Waals surface area contributed by atoms with E-state index in [9.17, 15) is 13.2 Å². The molecular formula is C28H22ClF3N8. The van der Waals surface area contributed by atoms with Crippen LogP contribution in [0.5, 0.6) is 0 Å². The second-order valence-electron chi connectivity index (χ2n) is 9.42. The Hall–Kier alpha value is -4.48. The number of aryl methyl sites for hydroxylation is 2. The van der Waals surface area contributed by atoms with E-state index in [0.717, 1.165) is 39.9 Å². The maximum atomic E-state index is 13.5. The number of nitrogens with zero attached hydrogens (tertiary/aromatic N) is 5. The maximum absolute atomic E-state index is 13.5. The first-order valence-electron chi connectivity index (χ1n) is 12.2. The smallest absolute Gasteiger partial charge is 0.346 e. The minimum Gasteiger partial charge on any atom is -0.346 e. The quantitative estimate of drug-likeness (QED) is 0.204. The molecule has 4 heterocycles. The minimum absolute atomic E-state index is 0.0477. The molecule has 0 aliphatic carbocycles. The van der Waals surface area contributed by atoms with E-state index in [1.54, 1.807) is 30.4 Å². The van der Waals surface area contributed by atoms with Crippen molar-refractivity contribution in [1.82, 2.24) is 24.9 Å². The molecule has 1 aliphatic heterocycles. The summed E-state index contributed by atoms with van der Waals surface area (Å²) in [6.07, 6.45) is 3.13. The first-order chi connectivity index (χ1) is 19.1. The third-order valence-electron chi connectivity index (χ3n) is 6.93. The fourth-order valence-corrected chi connectivity index (χ4v) is 5.01. The fourth-order valence-electron chi connectivity index (χ4n) is 4.87. The highest BCUT2D eigenvalue weighted by atomic mass is 35.5. The number of rotatable bonds is 4. The van der Waals surface area contributed by atoms with Gasteiger partial charge in [-0.25, -0.2) is 15.0 Å². The average Bonchev–Trinajstić information content (AvgIpc) is 3.40. The van der Waals surface area contributed by atoms with Crippen LogP contribution in [-0.2, 0) is 6.18 Å². The van der Waals surface area contributed by atoms with Gasteiger partial charge in [-0.3, -0.25) is 0 Å².